The summed E-state index contributed by atoms with van der Waals surface area (Å²) in [6.07, 6.45) is 8.06. The monoisotopic (exact) mass is 354 g/mol. The molecule has 1 unspecified atom stereocenters. The van der Waals surface area contributed by atoms with Gasteiger partial charge in [-0.2, -0.15) is 5.26 Å². The molecule has 0 amide bonds. The third-order valence-corrected chi connectivity index (χ3v) is 6.22. The molecule has 1 aliphatic carbocycles. The van der Waals surface area contributed by atoms with E-state index in [9.17, 15) is 4.79 Å². The Labute approximate surface area is 154 Å². The first-order chi connectivity index (χ1) is 12.7. The molecule has 2 aliphatic heterocycles. The van der Waals surface area contributed by atoms with Gasteiger partial charge in [0.15, 0.2) is 0 Å². The van der Waals surface area contributed by atoms with Crippen molar-refractivity contribution in [2.45, 2.75) is 44.6 Å². The van der Waals surface area contributed by atoms with Crippen molar-refractivity contribution >= 4 is 11.8 Å². The highest BCUT2D eigenvalue weighted by molar-refractivity contribution is 5.79. The smallest absolute Gasteiger partial charge is 0.312 e. The van der Waals surface area contributed by atoms with Crippen molar-refractivity contribution in [1.82, 2.24) is 9.88 Å². The van der Waals surface area contributed by atoms with Crippen molar-refractivity contribution < 1.29 is 9.53 Å². The summed E-state index contributed by atoms with van der Waals surface area (Å²) < 4.78 is 5.69. The number of nitrogens with zero attached hydrogens (tertiary/aromatic N) is 4. The Morgan fingerprint density at radius 1 is 1.27 bits per heavy atom. The Balaban J connectivity index is 1.24. The fourth-order valence-corrected chi connectivity index (χ4v) is 4.65. The number of pyridine rings is 1. The highest BCUT2D eigenvalue weighted by Gasteiger charge is 2.50. The lowest BCUT2D eigenvalue weighted by Crippen LogP contribution is -2.47. The molecule has 0 aromatic carbocycles. The Morgan fingerprint density at radius 2 is 2.04 bits per heavy atom. The normalized spacial score (nSPS) is 25.4. The van der Waals surface area contributed by atoms with Gasteiger partial charge in [0.2, 0.25) is 0 Å². The van der Waals surface area contributed by atoms with Crippen LogP contribution < -0.4 is 4.90 Å². The average Bonchev–Trinajstić information content (AvgIpc) is 3.28. The number of carbonyl (C=O) groups is 1. The summed E-state index contributed by atoms with van der Waals surface area (Å²) in [5, 5.41) is 9.03. The minimum atomic E-state index is -0.138. The largest absolute Gasteiger partial charge is 0.462 e. The quantitative estimate of drug-likeness (QED) is 0.773. The number of nitriles is 1. The van der Waals surface area contributed by atoms with Crippen LogP contribution in [-0.4, -0.2) is 54.7 Å². The third-order valence-electron chi connectivity index (χ3n) is 6.22. The standard InChI is InChI=1S/C20H26N4O2/c21-15-16-3-7-22-18(13-16)24-11-9-23(10-12-24)8-4-17-14-20(19(25)26-17)5-1-2-6-20/h3,7,13,17H,1-2,4-6,8-12,14H2. The minimum Gasteiger partial charge on any atom is -0.462 e. The molecule has 3 fully saturated rings. The number of hydrogen-bond donors (Lipinski definition) is 0. The van der Waals surface area contributed by atoms with Gasteiger partial charge < -0.3 is 9.64 Å². The molecule has 1 aromatic rings. The van der Waals surface area contributed by atoms with Crippen LogP contribution in [0.2, 0.25) is 0 Å². The van der Waals surface area contributed by atoms with Gasteiger partial charge in [0, 0.05) is 45.3 Å². The molecule has 6 nitrogen and oxygen atoms in total. The third kappa shape index (κ3) is 3.41. The van der Waals surface area contributed by atoms with Crippen molar-refractivity contribution in [3.63, 3.8) is 0 Å². The lowest BCUT2D eigenvalue weighted by Gasteiger charge is -2.35. The Kier molecular flexibility index (Phi) is 4.82. The molecule has 3 aliphatic rings. The summed E-state index contributed by atoms with van der Waals surface area (Å²) in [5.74, 6) is 0.949. The Bertz CT molecular complexity index is 700. The zero-order chi connectivity index (χ0) is 18.0. The van der Waals surface area contributed by atoms with E-state index in [-0.39, 0.29) is 17.5 Å². The maximum Gasteiger partial charge on any atom is 0.312 e. The summed E-state index contributed by atoms with van der Waals surface area (Å²) in [7, 11) is 0. The lowest BCUT2D eigenvalue weighted by atomic mass is 9.83. The van der Waals surface area contributed by atoms with Crippen LogP contribution in [0.4, 0.5) is 5.82 Å². The Morgan fingerprint density at radius 3 is 2.77 bits per heavy atom. The number of aromatic nitrogens is 1. The SMILES string of the molecule is N#Cc1ccnc(N2CCN(CCC3CC4(CCCC4)C(=O)O3)CC2)c1. The second kappa shape index (κ2) is 7.24. The molecule has 0 radical (unpaired) electrons. The van der Waals surface area contributed by atoms with Gasteiger partial charge >= 0.3 is 5.97 Å². The fraction of sp³-hybridized carbons (Fsp3) is 0.650. The van der Waals surface area contributed by atoms with Gasteiger partial charge in [-0.1, -0.05) is 12.8 Å². The highest BCUT2D eigenvalue weighted by Crippen LogP contribution is 2.48. The van der Waals surface area contributed by atoms with E-state index in [4.69, 9.17) is 10.00 Å². The fourth-order valence-electron chi connectivity index (χ4n) is 4.65. The molecule has 3 heterocycles. The molecule has 138 valence electrons. The predicted octanol–water partition coefficient (Wildman–Crippen LogP) is 2.34. The zero-order valence-corrected chi connectivity index (χ0v) is 15.2. The van der Waals surface area contributed by atoms with Crippen molar-refractivity contribution in [2.24, 2.45) is 5.41 Å². The number of rotatable bonds is 4. The van der Waals surface area contributed by atoms with Gasteiger partial charge in [0.05, 0.1) is 17.0 Å². The molecular weight excluding hydrogens is 328 g/mol. The number of anilines is 1. The molecule has 1 atom stereocenters. The molecular formula is C20H26N4O2. The van der Waals surface area contributed by atoms with Crippen molar-refractivity contribution in [1.29, 1.82) is 5.26 Å². The number of cyclic esters (lactones) is 1. The van der Waals surface area contributed by atoms with E-state index in [0.717, 1.165) is 64.2 Å². The molecule has 4 rings (SSSR count). The maximum atomic E-state index is 12.2. The van der Waals surface area contributed by atoms with E-state index >= 15 is 0 Å². The first-order valence-electron chi connectivity index (χ1n) is 9.73. The second-order valence-corrected chi connectivity index (χ2v) is 7.85. The van der Waals surface area contributed by atoms with Gasteiger partial charge in [0.25, 0.3) is 0 Å². The molecule has 26 heavy (non-hydrogen) atoms. The molecule has 0 N–H and O–H groups in total. The van der Waals surface area contributed by atoms with Gasteiger partial charge in [0.1, 0.15) is 11.9 Å². The van der Waals surface area contributed by atoms with Crippen LogP contribution in [-0.2, 0) is 9.53 Å². The summed E-state index contributed by atoms with van der Waals surface area (Å²) in [6.45, 7) is 4.76. The van der Waals surface area contributed by atoms with E-state index in [1.165, 1.54) is 12.8 Å². The van der Waals surface area contributed by atoms with Crippen LogP contribution >= 0.6 is 0 Å². The first kappa shape index (κ1) is 17.3. The number of esters is 1. The lowest BCUT2D eigenvalue weighted by molar-refractivity contribution is -0.148. The number of hydrogen-bond acceptors (Lipinski definition) is 6. The number of carbonyl (C=O) groups excluding carboxylic acids is 1. The molecule has 1 spiro atoms. The van der Waals surface area contributed by atoms with Gasteiger partial charge in [-0.05, 0) is 31.4 Å². The summed E-state index contributed by atoms with van der Waals surface area (Å²) in [6, 6.07) is 5.76. The van der Waals surface area contributed by atoms with Crippen LogP contribution in [0, 0.1) is 16.7 Å². The zero-order valence-electron chi connectivity index (χ0n) is 15.2. The Hall–Kier alpha value is -2.13. The van der Waals surface area contributed by atoms with E-state index in [1.807, 2.05) is 6.07 Å². The summed E-state index contributed by atoms with van der Waals surface area (Å²) in [4.78, 5) is 21.3. The summed E-state index contributed by atoms with van der Waals surface area (Å²) >= 11 is 0. The number of ether oxygens (including phenoxy) is 1. The molecule has 2 saturated heterocycles. The van der Waals surface area contributed by atoms with Crippen LogP contribution in [0.25, 0.3) is 0 Å². The van der Waals surface area contributed by atoms with Gasteiger partial charge in [-0.25, -0.2) is 4.98 Å². The maximum absolute atomic E-state index is 12.2. The van der Waals surface area contributed by atoms with E-state index in [1.54, 1.807) is 12.3 Å². The molecule has 1 aromatic heterocycles. The highest BCUT2D eigenvalue weighted by atomic mass is 16.6. The van der Waals surface area contributed by atoms with Gasteiger partial charge in [-0.3, -0.25) is 9.69 Å². The molecule has 1 saturated carbocycles. The van der Waals surface area contributed by atoms with E-state index in [2.05, 4.69) is 20.9 Å². The van der Waals surface area contributed by atoms with Crippen LogP contribution in [0.15, 0.2) is 18.3 Å². The molecule has 6 heteroatoms. The van der Waals surface area contributed by atoms with Crippen LogP contribution in [0.3, 0.4) is 0 Å². The van der Waals surface area contributed by atoms with Crippen molar-refractivity contribution in [3.8, 4) is 6.07 Å². The topological polar surface area (TPSA) is 69.5 Å². The predicted molar refractivity (Wildman–Crippen MR) is 97.6 cm³/mol. The van der Waals surface area contributed by atoms with Crippen LogP contribution in [0.1, 0.15) is 44.1 Å². The second-order valence-electron chi connectivity index (χ2n) is 7.85. The van der Waals surface area contributed by atoms with Crippen molar-refractivity contribution in [3.05, 3.63) is 23.9 Å². The van der Waals surface area contributed by atoms with Gasteiger partial charge in [-0.15, -0.1) is 0 Å². The number of piperazine rings is 1. The first-order valence-corrected chi connectivity index (χ1v) is 9.73. The molecule has 0 bridgehead atoms. The van der Waals surface area contributed by atoms with Crippen molar-refractivity contribution in [2.75, 3.05) is 37.6 Å². The minimum absolute atomic E-state index is 0.0632. The van der Waals surface area contributed by atoms with Crippen LogP contribution in [0.5, 0.6) is 0 Å². The average molecular weight is 354 g/mol. The summed E-state index contributed by atoms with van der Waals surface area (Å²) in [5.41, 5.74) is 0.516. The van der Waals surface area contributed by atoms with E-state index in [0.29, 0.717) is 5.56 Å². The van der Waals surface area contributed by atoms with E-state index < -0.39 is 0 Å².